The van der Waals surface area contributed by atoms with Crippen LogP contribution in [0.25, 0.3) is 0 Å². The summed E-state index contributed by atoms with van der Waals surface area (Å²) in [6, 6.07) is 6.26. The van der Waals surface area contributed by atoms with Gasteiger partial charge in [-0.25, -0.2) is 0 Å². The topological polar surface area (TPSA) is 58.1 Å². The van der Waals surface area contributed by atoms with Gasteiger partial charge in [-0.05, 0) is 77.2 Å². The van der Waals surface area contributed by atoms with Crippen LogP contribution in [0.4, 0.5) is 0 Å². The fraction of sp³-hybridized carbons (Fsp3) is 0.696. The van der Waals surface area contributed by atoms with E-state index >= 15 is 0 Å². The molecule has 0 spiro atoms. The molecule has 1 aliphatic heterocycles. The third-order valence-electron chi connectivity index (χ3n) is 5.32. The van der Waals surface area contributed by atoms with Crippen LogP contribution in [0.1, 0.15) is 59.1 Å². The van der Waals surface area contributed by atoms with Crippen LogP contribution >= 0.6 is 24.0 Å². The van der Waals surface area contributed by atoms with Gasteiger partial charge >= 0.3 is 0 Å². The number of hydrogen-bond donors (Lipinski definition) is 2. The van der Waals surface area contributed by atoms with Crippen LogP contribution in [0, 0.1) is 5.92 Å². The SMILES string of the molecule is CCNC(=NCC1CCCN(CC)C1)NC(C)c1ccc(OCC)c(OCC)c1.I. The zero-order valence-electron chi connectivity index (χ0n) is 19.4. The van der Waals surface area contributed by atoms with Crippen molar-refractivity contribution in [2.24, 2.45) is 10.9 Å². The Hall–Kier alpha value is -1.22. The van der Waals surface area contributed by atoms with E-state index in [1.807, 2.05) is 19.9 Å². The van der Waals surface area contributed by atoms with Gasteiger partial charge in [0.05, 0.1) is 19.3 Å². The fourth-order valence-electron chi connectivity index (χ4n) is 3.75. The quantitative estimate of drug-likeness (QED) is 0.265. The molecule has 1 fully saturated rings. The molecule has 0 bridgehead atoms. The van der Waals surface area contributed by atoms with Crippen LogP contribution in [0.5, 0.6) is 11.5 Å². The van der Waals surface area contributed by atoms with E-state index in [0.717, 1.165) is 49.2 Å². The maximum atomic E-state index is 5.78. The number of rotatable bonds is 10. The zero-order chi connectivity index (χ0) is 21.1. The molecule has 2 atom stereocenters. The minimum Gasteiger partial charge on any atom is -0.490 e. The summed E-state index contributed by atoms with van der Waals surface area (Å²) in [5.74, 6) is 3.11. The Morgan fingerprint density at radius 3 is 2.57 bits per heavy atom. The lowest BCUT2D eigenvalue weighted by molar-refractivity contribution is 0.186. The van der Waals surface area contributed by atoms with Gasteiger partial charge in [-0.15, -0.1) is 24.0 Å². The van der Waals surface area contributed by atoms with Crippen molar-refractivity contribution in [2.75, 3.05) is 45.9 Å². The molecule has 0 aliphatic carbocycles. The van der Waals surface area contributed by atoms with E-state index in [2.05, 4.69) is 48.4 Å². The lowest BCUT2D eigenvalue weighted by Crippen LogP contribution is -2.40. The Labute approximate surface area is 200 Å². The first-order chi connectivity index (χ1) is 14.1. The maximum Gasteiger partial charge on any atom is 0.191 e. The monoisotopic (exact) mass is 532 g/mol. The molecular formula is C23H41IN4O2. The van der Waals surface area contributed by atoms with Crippen molar-refractivity contribution in [3.8, 4) is 11.5 Å². The van der Waals surface area contributed by atoms with Crippen LogP contribution in [0.15, 0.2) is 23.2 Å². The molecule has 1 aromatic rings. The van der Waals surface area contributed by atoms with Gasteiger partial charge < -0.3 is 25.0 Å². The number of nitrogens with zero attached hydrogens (tertiary/aromatic N) is 2. The molecule has 2 N–H and O–H groups in total. The van der Waals surface area contributed by atoms with Gasteiger partial charge in [-0.3, -0.25) is 4.99 Å². The molecule has 6 nitrogen and oxygen atoms in total. The van der Waals surface area contributed by atoms with E-state index in [4.69, 9.17) is 14.5 Å². The van der Waals surface area contributed by atoms with Gasteiger partial charge in [0.1, 0.15) is 0 Å². The first-order valence-electron chi connectivity index (χ1n) is 11.3. The van der Waals surface area contributed by atoms with Crippen molar-refractivity contribution < 1.29 is 9.47 Å². The molecule has 172 valence electrons. The summed E-state index contributed by atoms with van der Waals surface area (Å²) >= 11 is 0. The molecule has 7 heteroatoms. The van der Waals surface area contributed by atoms with Gasteiger partial charge in [0, 0.05) is 19.6 Å². The molecule has 0 aromatic heterocycles. The Morgan fingerprint density at radius 1 is 1.17 bits per heavy atom. The van der Waals surface area contributed by atoms with E-state index in [1.54, 1.807) is 0 Å². The van der Waals surface area contributed by atoms with Gasteiger partial charge in [-0.1, -0.05) is 13.0 Å². The van der Waals surface area contributed by atoms with E-state index < -0.39 is 0 Å². The molecule has 30 heavy (non-hydrogen) atoms. The number of hydrogen-bond acceptors (Lipinski definition) is 4. The molecular weight excluding hydrogens is 491 g/mol. The van der Waals surface area contributed by atoms with Gasteiger partial charge in [0.15, 0.2) is 17.5 Å². The van der Waals surface area contributed by atoms with Gasteiger partial charge in [0.25, 0.3) is 0 Å². The standard InChI is InChI=1S/C23H40N4O2.HI/c1-6-24-23(25-16-19-11-10-14-27(7-2)17-19)26-18(5)20-12-13-21(28-8-3)22(15-20)29-9-4;/h12-13,15,18-19H,6-11,14,16-17H2,1-5H3,(H2,24,25,26);1H. The second-order valence-electron chi connectivity index (χ2n) is 7.56. The van der Waals surface area contributed by atoms with Crippen molar-refractivity contribution in [3.05, 3.63) is 23.8 Å². The first-order valence-corrected chi connectivity index (χ1v) is 11.3. The van der Waals surface area contributed by atoms with Crippen LogP contribution in [0.3, 0.4) is 0 Å². The van der Waals surface area contributed by atoms with E-state index in [0.29, 0.717) is 19.1 Å². The second kappa shape index (κ2) is 14.7. The summed E-state index contributed by atoms with van der Waals surface area (Å²) in [5, 5.41) is 6.94. The second-order valence-corrected chi connectivity index (χ2v) is 7.56. The number of nitrogens with one attached hydrogen (secondary N) is 2. The van der Waals surface area contributed by atoms with E-state index in [9.17, 15) is 0 Å². The van der Waals surface area contributed by atoms with E-state index in [-0.39, 0.29) is 30.0 Å². The Kier molecular flexibility index (Phi) is 13.2. The molecule has 0 radical (unpaired) electrons. The van der Waals surface area contributed by atoms with Crippen molar-refractivity contribution in [2.45, 2.75) is 53.5 Å². The predicted octanol–water partition coefficient (Wildman–Crippen LogP) is 4.45. The highest BCUT2D eigenvalue weighted by molar-refractivity contribution is 14.0. The number of aliphatic imine (C=N–C) groups is 1. The Morgan fingerprint density at radius 2 is 1.90 bits per heavy atom. The minimum atomic E-state index is 0. The van der Waals surface area contributed by atoms with Gasteiger partial charge in [-0.2, -0.15) is 0 Å². The Bertz CT molecular complexity index is 642. The van der Waals surface area contributed by atoms with E-state index in [1.165, 1.54) is 19.4 Å². The third-order valence-corrected chi connectivity index (χ3v) is 5.32. The lowest BCUT2D eigenvalue weighted by atomic mass is 9.98. The molecule has 1 heterocycles. The molecule has 2 unspecified atom stereocenters. The highest BCUT2D eigenvalue weighted by Gasteiger charge is 2.19. The number of benzene rings is 1. The minimum absolute atomic E-state index is 0. The smallest absolute Gasteiger partial charge is 0.191 e. The third kappa shape index (κ3) is 8.49. The summed E-state index contributed by atoms with van der Waals surface area (Å²) in [6.45, 7) is 16.9. The summed E-state index contributed by atoms with van der Waals surface area (Å²) in [7, 11) is 0. The molecule has 0 saturated carbocycles. The fourth-order valence-corrected chi connectivity index (χ4v) is 3.75. The van der Waals surface area contributed by atoms with Crippen molar-refractivity contribution in [3.63, 3.8) is 0 Å². The Balaban J connectivity index is 0.00000450. The average Bonchev–Trinajstić information content (AvgIpc) is 2.74. The van der Waals surface area contributed by atoms with Crippen LogP contribution in [0.2, 0.25) is 0 Å². The van der Waals surface area contributed by atoms with Crippen LogP contribution in [-0.2, 0) is 0 Å². The predicted molar refractivity (Wildman–Crippen MR) is 137 cm³/mol. The maximum absolute atomic E-state index is 5.78. The number of piperidine rings is 1. The van der Waals surface area contributed by atoms with Crippen molar-refractivity contribution >= 4 is 29.9 Å². The van der Waals surface area contributed by atoms with Crippen molar-refractivity contribution in [1.82, 2.24) is 15.5 Å². The summed E-state index contributed by atoms with van der Waals surface area (Å²) in [6.07, 6.45) is 2.55. The van der Waals surface area contributed by atoms with Crippen LogP contribution < -0.4 is 20.1 Å². The molecule has 0 amide bonds. The summed E-state index contributed by atoms with van der Waals surface area (Å²) in [5.41, 5.74) is 1.15. The molecule has 1 saturated heterocycles. The average molecular weight is 533 g/mol. The number of ether oxygens (including phenoxy) is 2. The zero-order valence-corrected chi connectivity index (χ0v) is 21.7. The number of halogens is 1. The molecule has 1 aliphatic rings. The highest BCUT2D eigenvalue weighted by Crippen LogP contribution is 2.30. The normalized spacial score (nSPS) is 18.3. The molecule has 2 rings (SSSR count). The lowest BCUT2D eigenvalue weighted by Gasteiger charge is -2.31. The first kappa shape index (κ1) is 26.8. The van der Waals surface area contributed by atoms with Crippen molar-refractivity contribution in [1.29, 1.82) is 0 Å². The summed E-state index contributed by atoms with van der Waals surface area (Å²) < 4.78 is 11.5. The number of likely N-dealkylation sites (tertiary alicyclic amines) is 1. The van der Waals surface area contributed by atoms with Gasteiger partial charge in [0.2, 0.25) is 0 Å². The highest BCUT2D eigenvalue weighted by atomic mass is 127. The molecule has 1 aromatic carbocycles. The van der Waals surface area contributed by atoms with Crippen LogP contribution in [-0.4, -0.2) is 56.8 Å². The largest absolute Gasteiger partial charge is 0.490 e. The number of guanidine groups is 1. The summed E-state index contributed by atoms with van der Waals surface area (Å²) in [4.78, 5) is 7.42.